The third kappa shape index (κ3) is 4.26. The highest BCUT2D eigenvalue weighted by Crippen LogP contribution is 2.38. The Labute approximate surface area is 155 Å². The summed E-state index contributed by atoms with van der Waals surface area (Å²) < 4.78 is 39.1. The van der Waals surface area contributed by atoms with Gasteiger partial charge in [0.15, 0.2) is 0 Å². The minimum Gasteiger partial charge on any atom is -0.372 e. The van der Waals surface area contributed by atoms with Crippen LogP contribution in [-0.4, -0.2) is 30.0 Å². The number of aromatic nitrogens is 1. The van der Waals surface area contributed by atoms with Crippen LogP contribution in [0.2, 0.25) is 0 Å². The number of hydrogen-bond acceptors (Lipinski definition) is 4. The van der Waals surface area contributed by atoms with Crippen molar-refractivity contribution in [1.82, 2.24) is 4.98 Å². The first-order valence-electron chi connectivity index (χ1n) is 8.47. The summed E-state index contributed by atoms with van der Waals surface area (Å²) in [6, 6.07) is 7.14. The summed E-state index contributed by atoms with van der Waals surface area (Å²) in [5, 5.41) is 0.507. The van der Waals surface area contributed by atoms with E-state index >= 15 is 0 Å². The van der Waals surface area contributed by atoms with Gasteiger partial charge in [-0.2, -0.15) is 13.2 Å². The van der Waals surface area contributed by atoms with E-state index in [1.807, 2.05) is 46.8 Å². The lowest BCUT2D eigenvalue weighted by Gasteiger charge is -2.21. The number of alkyl halides is 3. The third-order valence-electron chi connectivity index (χ3n) is 4.00. The summed E-state index contributed by atoms with van der Waals surface area (Å²) in [5.74, 6) is -1.84. The van der Waals surface area contributed by atoms with Crippen molar-refractivity contribution in [3.05, 3.63) is 34.2 Å². The number of anilines is 1. The lowest BCUT2D eigenvalue weighted by molar-refractivity contribution is -0.0882. The first kappa shape index (κ1) is 20.4. The summed E-state index contributed by atoms with van der Waals surface area (Å²) in [7, 11) is 0. The maximum atomic E-state index is 13.0. The zero-order valence-corrected chi connectivity index (χ0v) is 16.4. The van der Waals surface area contributed by atoms with Gasteiger partial charge in [0.2, 0.25) is 0 Å². The van der Waals surface area contributed by atoms with Crippen LogP contribution < -0.4 is 4.90 Å². The molecule has 0 saturated carbocycles. The Morgan fingerprint density at radius 2 is 1.62 bits per heavy atom. The van der Waals surface area contributed by atoms with Crippen molar-refractivity contribution >= 4 is 22.8 Å². The van der Waals surface area contributed by atoms with Crippen LogP contribution in [0.1, 0.15) is 49.3 Å². The molecule has 7 heteroatoms. The van der Waals surface area contributed by atoms with E-state index < -0.39 is 17.4 Å². The molecular weight excluding hydrogens is 361 g/mol. The van der Waals surface area contributed by atoms with Gasteiger partial charge in [0.05, 0.1) is 10.7 Å². The Morgan fingerprint density at radius 1 is 1.08 bits per heavy atom. The van der Waals surface area contributed by atoms with Crippen molar-refractivity contribution in [3.8, 4) is 11.3 Å². The molecular formula is C19H23F3N2OS. The average molecular weight is 384 g/mol. The van der Waals surface area contributed by atoms with Crippen LogP contribution >= 0.6 is 11.3 Å². The first-order chi connectivity index (χ1) is 12.0. The van der Waals surface area contributed by atoms with E-state index in [1.54, 1.807) is 12.1 Å². The van der Waals surface area contributed by atoms with E-state index in [1.165, 1.54) is 0 Å². The van der Waals surface area contributed by atoms with Gasteiger partial charge in [0, 0.05) is 29.8 Å². The number of thiazole rings is 1. The van der Waals surface area contributed by atoms with Gasteiger partial charge in [-0.1, -0.05) is 32.9 Å². The molecule has 0 aliphatic heterocycles. The fraction of sp³-hybridized carbons (Fsp3) is 0.474. The molecule has 0 spiro atoms. The van der Waals surface area contributed by atoms with Crippen molar-refractivity contribution in [1.29, 1.82) is 0 Å². The molecule has 0 N–H and O–H groups in total. The van der Waals surface area contributed by atoms with Crippen molar-refractivity contribution in [2.75, 3.05) is 18.0 Å². The summed E-state index contributed by atoms with van der Waals surface area (Å²) >= 11 is 0.825. The van der Waals surface area contributed by atoms with Gasteiger partial charge in [-0.15, -0.1) is 11.3 Å². The molecule has 1 aromatic heterocycles. The molecule has 0 bridgehead atoms. The molecule has 0 unspecified atom stereocenters. The molecule has 1 heterocycles. The zero-order valence-electron chi connectivity index (χ0n) is 15.6. The molecule has 3 nitrogen and oxygen atoms in total. The highest BCUT2D eigenvalue weighted by molar-refractivity contribution is 7.14. The Balaban J connectivity index is 2.54. The number of carbonyl (C=O) groups excluding carboxylic acids is 1. The number of hydrogen-bond donors (Lipinski definition) is 0. The van der Waals surface area contributed by atoms with Crippen LogP contribution in [0.3, 0.4) is 0 Å². The van der Waals surface area contributed by atoms with Crippen molar-refractivity contribution < 1.29 is 18.0 Å². The minimum atomic E-state index is -4.92. The van der Waals surface area contributed by atoms with Crippen molar-refractivity contribution in [2.45, 2.75) is 46.2 Å². The van der Waals surface area contributed by atoms with Crippen LogP contribution in [0.25, 0.3) is 11.3 Å². The highest BCUT2D eigenvalue weighted by atomic mass is 32.1. The number of nitrogens with zero attached hydrogens (tertiary/aromatic N) is 2. The van der Waals surface area contributed by atoms with Crippen molar-refractivity contribution in [3.63, 3.8) is 0 Å². The molecule has 1 aromatic carbocycles. The number of benzene rings is 1. The largest absolute Gasteiger partial charge is 0.455 e. The van der Waals surface area contributed by atoms with Gasteiger partial charge in [0.1, 0.15) is 4.88 Å². The number of carbonyl (C=O) groups is 1. The normalized spacial score (nSPS) is 12.3. The van der Waals surface area contributed by atoms with E-state index in [0.717, 1.165) is 30.1 Å². The smallest absolute Gasteiger partial charge is 0.372 e. The first-order valence-corrected chi connectivity index (χ1v) is 9.28. The molecule has 0 aliphatic rings. The monoisotopic (exact) mass is 384 g/mol. The molecule has 0 radical (unpaired) electrons. The Bertz CT molecular complexity index is 770. The van der Waals surface area contributed by atoms with Crippen LogP contribution in [0.4, 0.5) is 18.9 Å². The summed E-state index contributed by atoms with van der Waals surface area (Å²) in [4.78, 5) is 18.1. The van der Waals surface area contributed by atoms with Crippen molar-refractivity contribution in [2.24, 2.45) is 0 Å². The molecule has 26 heavy (non-hydrogen) atoms. The second-order valence-corrected chi connectivity index (χ2v) is 7.99. The lowest BCUT2D eigenvalue weighted by atomic mass is 9.98. The van der Waals surface area contributed by atoms with E-state index in [-0.39, 0.29) is 10.6 Å². The summed E-state index contributed by atoms with van der Waals surface area (Å²) in [6.07, 6.45) is -4.92. The Hall–Kier alpha value is -1.89. The van der Waals surface area contributed by atoms with Crippen LogP contribution in [0, 0.1) is 0 Å². The lowest BCUT2D eigenvalue weighted by Crippen LogP contribution is -2.22. The molecule has 142 valence electrons. The molecule has 0 atom stereocenters. The molecule has 2 aromatic rings. The Morgan fingerprint density at radius 3 is 2.04 bits per heavy atom. The second kappa shape index (κ2) is 7.39. The Kier molecular flexibility index (Phi) is 5.80. The van der Waals surface area contributed by atoms with Gasteiger partial charge in [0.25, 0.3) is 5.78 Å². The van der Waals surface area contributed by atoms with Crippen LogP contribution in [-0.2, 0) is 5.41 Å². The molecule has 2 rings (SSSR count). The molecule has 0 aliphatic carbocycles. The van der Waals surface area contributed by atoms with Gasteiger partial charge in [-0.3, -0.25) is 4.79 Å². The van der Waals surface area contributed by atoms with Gasteiger partial charge >= 0.3 is 6.18 Å². The second-order valence-electron chi connectivity index (χ2n) is 6.99. The maximum Gasteiger partial charge on any atom is 0.455 e. The number of Topliss-reactive ketones (excluding diaryl/α,β-unsaturated/α-hetero) is 1. The zero-order chi connectivity index (χ0) is 19.7. The molecule has 0 fully saturated rings. The van der Waals surface area contributed by atoms with E-state index in [4.69, 9.17) is 0 Å². The molecule has 0 amide bonds. The topological polar surface area (TPSA) is 33.2 Å². The summed E-state index contributed by atoms with van der Waals surface area (Å²) in [5.41, 5.74) is 1.16. The maximum absolute atomic E-state index is 13.0. The predicted octanol–water partition coefficient (Wildman–Crippen LogP) is 5.70. The van der Waals surface area contributed by atoms with Gasteiger partial charge in [-0.25, -0.2) is 4.98 Å². The highest BCUT2D eigenvalue weighted by Gasteiger charge is 2.42. The molecule has 0 saturated heterocycles. The third-order valence-corrected chi connectivity index (χ3v) is 5.48. The van der Waals surface area contributed by atoms with Crippen LogP contribution in [0.5, 0.6) is 0 Å². The van der Waals surface area contributed by atoms with E-state index in [2.05, 4.69) is 9.88 Å². The standard InChI is InChI=1S/C19H23F3N2OS/c1-6-24(7-2)13-10-8-12(9-11-13)14-15(16(25)19(20,21)22)26-17(23-14)18(3,4)5/h8-11H,6-7H2,1-5H3. The number of halogens is 3. The number of ketones is 1. The van der Waals surface area contributed by atoms with Crippen LogP contribution in [0.15, 0.2) is 24.3 Å². The van der Waals surface area contributed by atoms with E-state index in [9.17, 15) is 18.0 Å². The van der Waals surface area contributed by atoms with Gasteiger partial charge in [-0.05, 0) is 26.0 Å². The SMILES string of the molecule is CCN(CC)c1ccc(-c2nc(C(C)(C)C)sc2C(=O)C(F)(F)F)cc1. The van der Waals surface area contributed by atoms with Gasteiger partial charge < -0.3 is 4.90 Å². The minimum absolute atomic E-state index is 0.105. The quantitative estimate of drug-likeness (QED) is 0.620. The summed E-state index contributed by atoms with van der Waals surface area (Å²) in [6.45, 7) is 11.3. The fourth-order valence-electron chi connectivity index (χ4n) is 2.54. The predicted molar refractivity (Wildman–Crippen MR) is 100 cm³/mol. The average Bonchev–Trinajstić information content (AvgIpc) is 3.00. The van der Waals surface area contributed by atoms with E-state index in [0.29, 0.717) is 10.6 Å². The number of rotatable bonds is 5. The fourth-order valence-corrected chi connectivity index (χ4v) is 3.64.